The Bertz CT molecular complexity index is 254. The summed E-state index contributed by atoms with van der Waals surface area (Å²) in [7, 11) is 0. The third-order valence-electron chi connectivity index (χ3n) is 2.26. The summed E-state index contributed by atoms with van der Waals surface area (Å²) >= 11 is 11.5. The number of hydrogen-bond donors (Lipinski definition) is 0. The average Bonchev–Trinajstić information content (AvgIpc) is 2.28. The van der Waals surface area contributed by atoms with Crippen molar-refractivity contribution in [1.82, 2.24) is 4.90 Å². The first kappa shape index (κ1) is 16.1. The Hall–Kier alpha value is 0.0500. The highest BCUT2D eigenvalue weighted by Gasteiger charge is 2.04. The number of nitrogens with zero attached hydrogens (tertiary/aromatic N) is 1. The summed E-state index contributed by atoms with van der Waals surface area (Å²) in [4.78, 5) is 2.34. The van der Waals surface area contributed by atoms with E-state index in [0.717, 1.165) is 26.1 Å². The Labute approximate surface area is 114 Å². The van der Waals surface area contributed by atoms with E-state index in [4.69, 9.17) is 23.2 Å². The van der Waals surface area contributed by atoms with Crippen LogP contribution >= 0.6 is 35.6 Å². The monoisotopic (exact) mass is 281 g/mol. The zero-order valence-corrected chi connectivity index (χ0v) is 11.6. The molecule has 0 unspecified atom stereocenters. The van der Waals surface area contributed by atoms with Crippen molar-refractivity contribution in [3.8, 4) is 0 Å². The van der Waals surface area contributed by atoms with Crippen molar-refractivity contribution in [2.24, 2.45) is 0 Å². The molecule has 0 atom stereocenters. The van der Waals surface area contributed by atoms with Gasteiger partial charge in [0, 0.05) is 24.8 Å². The van der Waals surface area contributed by atoms with Gasteiger partial charge in [-0.25, -0.2) is 0 Å². The molecule has 1 rings (SSSR count). The third-order valence-corrected chi connectivity index (χ3v) is 2.69. The Kier molecular flexibility index (Phi) is 10.3. The Morgan fingerprint density at radius 2 is 1.62 bits per heavy atom. The van der Waals surface area contributed by atoms with Gasteiger partial charge in [0.2, 0.25) is 0 Å². The summed E-state index contributed by atoms with van der Waals surface area (Å²) in [6.07, 6.45) is 1.02. The lowest BCUT2D eigenvalue weighted by molar-refractivity contribution is 0.283. The van der Waals surface area contributed by atoms with E-state index in [0.29, 0.717) is 11.8 Å². The fourth-order valence-electron chi connectivity index (χ4n) is 1.51. The van der Waals surface area contributed by atoms with E-state index in [1.807, 2.05) is 6.07 Å². The van der Waals surface area contributed by atoms with Crippen molar-refractivity contribution in [3.63, 3.8) is 0 Å². The van der Waals surface area contributed by atoms with Crippen molar-refractivity contribution in [1.29, 1.82) is 0 Å². The van der Waals surface area contributed by atoms with Gasteiger partial charge >= 0.3 is 0 Å². The van der Waals surface area contributed by atoms with E-state index < -0.39 is 0 Å². The Balaban J connectivity index is 0.00000225. The molecule has 1 aromatic carbocycles. The zero-order chi connectivity index (χ0) is 10.9. The van der Waals surface area contributed by atoms with Crippen LogP contribution in [-0.4, -0.2) is 29.7 Å². The molecule has 0 saturated carbocycles. The number of alkyl halides is 2. The van der Waals surface area contributed by atoms with Gasteiger partial charge in [-0.2, -0.15) is 0 Å². The molecule has 0 bridgehead atoms. The molecule has 16 heavy (non-hydrogen) atoms. The van der Waals surface area contributed by atoms with Gasteiger partial charge in [0.15, 0.2) is 0 Å². The number of rotatable bonds is 7. The molecule has 0 saturated heterocycles. The van der Waals surface area contributed by atoms with Crippen LogP contribution in [0.5, 0.6) is 0 Å². The van der Waals surface area contributed by atoms with Crippen LogP contribution in [0.2, 0.25) is 0 Å². The Morgan fingerprint density at radius 3 is 2.19 bits per heavy atom. The second-order valence-corrected chi connectivity index (χ2v) is 4.25. The van der Waals surface area contributed by atoms with Crippen molar-refractivity contribution in [2.75, 3.05) is 24.8 Å². The van der Waals surface area contributed by atoms with Gasteiger partial charge in [-0.05, 0) is 18.5 Å². The lowest BCUT2D eigenvalue weighted by atomic mass is 10.2. The van der Waals surface area contributed by atoms with Crippen LogP contribution in [0.4, 0.5) is 0 Å². The molecule has 0 aliphatic carbocycles. The molecular formula is C12H18Cl3N. The highest BCUT2D eigenvalue weighted by atomic mass is 35.5. The van der Waals surface area contributed by atoms with Gasteiger partial charge in [0.1, 0.15) is 0 Å². The smallest absolute Gasteiger partial charge is 0.0351 e. The molecule has 92 valence electrons. The molecule has 0 N–H and O–H groups in total. The summed E-state index contributed by atoms with van der Waals surface area (Å²) < 4.78 is 0. The standard InChI is InChI=1S/C12H17Cl2N.ClH/c13-7-4-9-15(10-8-14)11-12-5-2-1-3-6-12;/h1-3,5-6H,4,7-11H2;1H. The Morgan fingerprint density at radius 1 is 0.938 bits per heavy atom. The SMILES string of the molecule is Cl.ClCCCN(CCCl)Cc1ccccc1. The summed E-state index contributed by atoms with van der Waals surface area (Å²) in [5.74, 6) is 1.39. The van der Waals surface area contributed by atoms with E-state index in [2.05, 4.69) is 29.2 Å². The predicted octanol–water partition coefficient (Wildman–Crippen LogP) is 3.78. The lowest BCUT2D eigenvalue weighted by Gasteiger charge is -2.20. The highest BCUT2D eigenvalue weighted by molar-refractivity contribution is 6.18. The van der Waals surface area contributed by atoms with E-state index in [9.17, 15) is 0 Å². The van der Waals surface area contributed by atoms with Crippen molar-refractivity contribution >= 4 is 35.6 Å². The molecule has 0 heterocycles. The molecule has 0 aliphatic heterocycles. The van der Waals surface area contributed by atoms with Crippen LogP contribution in [0.3, 0.4) is 0 Å². The molecule has 0 radical (unpaired) electrons. The summed E-state index contributed by atoms with van der Waals surface area (Å²) in [5.41, 5.74) is 1.33. The second kappa shape index (κ2) is 10.2. The van der Waals surface area contributed by atoms with Gasteiger partial charge in [0.25, 0.3) is 0 Å². The molecule has 0 aromatic heterocycles. The molecule has 4 heteroatoms. The summed E-state index contributed by atoms with van der Waals surface area (Å²) in [6.45, 7) is 2.91. The van der Waals surface area contributed by atoms with E-state index >= 15 is 0 Å². The van der Waals surface area contributed by atoms with Crippen LogP contribution in [0, 0.1) is 0 Å². The normalized spacial score (nSPS) is 10.2. The first-order valence-corrected chi connectivity index (χ1v) is 6.32. The number of hydrogen-bond acceptors (Lipinski definition) is 1. The van der Waals surface area contributed by atoms with E-state index in [-0.39, 0.29) is 12.4 Å². The average molecular weight is 283 g/mol. The lowest BCUT2D eigenvalue weighted by Crippen LogP contribution is -2.26. The molecule has 1 nitrogen and oxygen atoms in total. The molecular weight excluding hydrogens is 264 g/mol. The summed E-state index contributed by atoms with van der Waals surface area (Å²) in [6, 6.07) is 10.4. The van der Waals surface area contributed by atoms with Crippen LogP contribution in [0.15, 0.2) is 30.3 Å². The minimum absolute atomic E-state index is 0. The fraction of sp³-hybridized carbons (Fsp3) is 0.500. The minimum atomic E-state index is 0. The van der Waals surface area contributed by atoms with Crippen LogP contribution in [-0.2, 0) is 6.54 Å². The number of halogens is 3. The van der Waals surface area contributed by atoms with Gasteiger partial charge < -0.3 is 0 Å². The predicted molar refractivity (Wildman–Crippen MR) is 75.0 cm³/mol. The number of benzene rings is 1. The third kappa shape index (κ3) is 6.59. The molecule has 1 aromatic rings. The van der Waals surface area contributed by atoms with Crippen molar-refractivity contribution < 1.29 is 0 Å². The summed E-state index contributed by atoms with van der Waals surface area (Å²) in [5, 5.41) is 0. The van der Waals surface area contributed by atoms with Crippen LogP contribution in [0.1, 0.15) is 12.0 Å². The first-order chi connectivity index (χ1) is 7.36. The van der Waals surface area contributed by atoms with Crippen molar-refractivity contribution in [3.05, 3.63) is 35.9 Å². The molecule has 0 aliphatic rings. The van der Waals surface area contributed by atoms with Crippen LogP contribution < -0.4 is 0 Å². The quantitative estimate of drug-likeness (QED) is 0.688. The van der Waals surface area contributed by atoms with E-state index in [1.165, 1.54) is 5.56 Å². The van der Waals surface area contributed by atoms with Gasteiger partial charge in [0.05, 0.1) is 0 Å². The molecule has 0 fully saturated rings. The highest BCUT2D eigenvalue weighted by Crippen LogP contribution is 2.05. The maximum absolute atomic E-state index is 5.77. The van der Waals surface area contributed by atoms with E-state index in [1.54, 1.807) is 0 Å². The second-order valence-electron chi connectivity index (χ2n) is 3.49. The minimum Gasteiger partial charge on any atom is -0.298 e. The molecule has 0 spiro atoms. The maximum Gasteiger partial charge on any atom is 0.0351 e. The molecule has 0 amide bonds. The van der Waals surface area contributed by atoms with Crippen LogP contribution in [0.25, 0.3) is 0 Å². The van der Waals surface area contributed by atoms with Gasteiger partial charge in [-0.3, -0.25) is 4.90 Å². The van der Waals surface area contributed by atoms with Gasteiger partial charge in [-0.15, -0.1) is 35.6 Å². The fourth-order valence-corrected chi connectivity index (χ4v) is 1.87. The maximum atomic E-state index is 5.77. The van der Waals surface area contributed by atoms with Gasteiger partial charge in [-0.1, -0.05) is 30.3 Å². The van der Waals surface area contributed by atoms with Crippen molar-refractivity contribution in [2.45, 2.75) is 13.0 Å². The largest absolute Gasteiger partial charge is 0.298 e. The topological polar surface area (TPSA) is 3.24 Å². The first-order valence-electron chi connectivity index (χ1n) is 5.25. The zero-order valence-electron chi connectivity index (χ0n) is 9.24.